The van der Waals surface area contributed by atoms with Crippen molar-refractivity contribution in [3.63, 3.8) is 0 Å². The van der Waals surface area contributed by atoms with Crippen LogP contribution in [-0.2, 0) is 19.2 Å². The summed E-state index contributed by atoms with van der Waals surface area (Å²) >= 11 is 0. The maximum Gasteiger partial charge on any atom is 0.407 e. The first kappa shape index (κ1) is 20.9. The van der Waals surface area contributed by atoms with Crippen LogP contribution in [0.15, 0.2) is 48.5 Å². The molecule has 8 nitrogen and oxygen atoms in total. The van der Waals surface area contributed by atoms with Crippen molar-refractivity contribution in [1.82, 2.24) is 10.8 Å². The molecule has 0 unspecified atom stereocenters. The van der Waals surface area contributed by atoms with Crippen molar-refractivity contribution in [2.24, 2.45) is 5.92 Å². The van der Waals surface area contributed by atoms with Crippen LogP contribution in [0.3, 0.4) is 0 Å². The van der Waals surface area contributed by atoms with Gasteiger partial charge in [-0.05, 0) is 35.1 Å². The molecule has 2 aliphatic carbocycles. The molecule has 31 heavy (non-hydrogen) atoms. The molecule has 2 amide bonds. The van der Waals surface area contributed by atoms with Gasteiger partial charge in [0.1, 0.15) is 6.61 Å². The Balaban J connectivity index is 1.34. The summed E-state index contributed by atoms with van der Waals surface area (Å²) in [6.45, 7) is -0.423. The molecule has 0 heterocycles. The van der Waals surface area contributed by atoms with Crippen molar-refractivity contribution >= 4 is 18.0 Å². The summed E-state index contributed by atoms with van der Waals surface area (Å²) < 4.78 is 5.55. The Hall–Kier alpha value is -3.39. The quantitative estimate of drug-likeness (QED) is 0.589. The van der Waals surface area contributed by atoms with Crippen molar-refractivity contribution in [3.05, 3.63) is 59.7 Å². The monoisotopic (exact) mass is 424 g/mol. The number of hydrogen-bond donors (Lipinski definition) is 3. The largest absolute Gasteiger partial charge is 0.479 e. The molecular formula is C23H24N2O6. The third-order valence-electron chi connectivity index (χ3n) is 5.87. The third-order valence-corrected chi connectivity index (χ3v) is 5.87. The summed E-state index contributed by atoms with van der Waals surface area (Å²) in [6, 6.07) is 15.8. The molecule has 4 rings (SSSR count). The zero-order chi connectivity index (χ0) is 21.8. The summed E-state index contributed by atoms with van der Waals surface area (Å²) in [7, 11) is 0. The minimum absolute atomic E-state index is 0.0368. The molecule has 2 atom stereocenters. The van der Waals surface area contributed by atoms with Gasteiger partial charge in [-0.3, -0.25) is 9.63 Å². The van der Waals surface area contributed by atoms with E-state index in [-0.39, 0.29) is 18.6 Å². The summed E-state index contributed by atoms with van der Waals surface area (Å²) in [6.07, 6.45) is 1.42. The average molecular weight is 424 g/mol. The number of aliphatic carboxylic acids is 1. The molecule has 8 heteroatoms. The molecule has 0 aromatic heterocycles. The molecule has 3 N–H and O–H groups in total. The van der Waals surface area contributed by atoms with Gasteiger partial charge < -0.3 is 15.2 Å². The number of alkyl carbamates (subject to hydrolysis) is 1. The Morgan fingerprint density at radius 3 is 2.26 bits per heavy atom. The Labute approximate surface area is 179 Å². The fourth-order valence-corrected chi connectivity index (χ4v) is 4.48. The fraction of sp³-hybridized carbons (Fsp3) is 0.348. The molecule has 1 fully saturated rings. The van der Waals surface area contributed by atoms with Crippen molar-refractivity contribution in [2.75, 3.05) is 13.2 Å². The van der Waals surface area contributed by atoms with Gasteiger partial charge in [0, 0.05) is 12.0 Å². The smallest absolute Gasteiger partial charge is 0.407 e. The first-order valence-corrected chi connectivity index (χ1v) is 10.3. The minimum atomic E-state index is -1.18. The molecular weight excluding hydrogens is 400 g/mol. The molecule has 1 saturated carbocycles. The molecule has 0 saturated heterocycles. The molecule has 0 radical (unpaired) electrons. The number of carbonyl (C=O) groups is 3. The Morgan fingerprint density at radius 2 is 1.61 bits per heavy atom. The van der Waals surface area contributed by atoms with Gasteiger partial charge in [0.15, 0.2) is 6.61 Å². The van der Waals surface area contributed by atoms with E-state index in [1.54, 1.807) is 0 Å². The number of carbonyl (C=O) groups excluding carboxylic acids is 2. The first-order valence-electron chi connectivity index (χ1n) is 10.3. The van der Waals surface area contributed by atoms with Gasteiger partial charge in [0.2, 0.25) is 5.91 Å². The summed E-state index contributed by atoms with van der Waals surface area (Å²) in [4.78, 5) is 39.9. The van der Waals surface area contributed by atoms with Crippen molar-refractivity contribution in [3.8, 4) is 11.1 Å². The van der Waals surface area contributed by atoms with Gasteiger partial charge in [-0.2, -0.15) is 0 Å². The highest BCUT2D eigenvalue weighted by Crippen LogP contribution is 2.44. The number of nitrogens with one attached hydrogen (secondary N) is 2. The van der Waals surface area contributed by atoms with Gasteiger partial charge in [0.25, 0.3) is 0 Å². The summed E-state index contributed by atoms with van der Waals surface area (Å²) in [5.74, 6) is -2.15. The highest BCUT2D eigenvalue weighted by Gasteiger charge is 2.35. The van der Waals surface area contributed by atoms with Crippen LogP contribution in [0.25, 0.3) is 11.1 Å². The number of carboxylic acid groups (broad SMARTS) is 1. The highest BCUT2D eigenvalue weighted by atomic mass is 16.7. The number of amides is 2. The molecule has 2 aromatic carbocycles. The van der Waals surface area contributed by atoms with Crippen LogP contribution in [0.1, 0.15) is 36.3 Å². The molecule has 0 bridgehead atoms. The summed E-state index contributed by atoms with van der Waals surface area (Å²) in [5.41, 5.74) is 6.71. The first-order chi connectivity index (χ1) is 15.0. The number of carboxylic acids is 1. The lowest BCUT2D eigenvalue weighted by atomic mass is 9.98. The zero-order valence-electron chi connectivity index (χ0n) is 16.9. The molecule has 162 valence electrons. The Bertz CT molecular complexity index is 946. The van der Waals surface area contributed by atoms with Gasteiger partial charge in [-0.15, -0.1) is 0 Å². The van der Waals surface area contributed by atoms with Crippen molar-refractivity contribution in [1.29, 1.82) is 0 Å². The van der Waals surface area contributed by atoms with Crippen molar-refractivity contribution in [2.45, 2.75) is 31.2 Å². The average Bonchev–Trinajstić information content (AvgIpc) is 3.34. The Morgan fingerprint density at radius 1 is 0.968 bits per heavy atom. The molecule has 2 aliphatic rings. The topological polar surface area (TPSA) is 114 Å². The van der Waals surface area contributed by atoms with Crippen LogP contribution in [-0.4, -0.2) is 42.3 Å². The standard InChI is InChI=1S/C23H24N2O6/c26-21(27)13-31-25-22(28)18-10-5-11-20(18)24-23(29)30-12-19-16-8-3-1-6-14(16)15-7-2-4-9-17(15)19/h1-4,6-9,18-20H,5,10-13H2,(H,24,29)(H,25,28)(H,26,27)/t18-,20+/m1/s1. The normalized spacial score (nSPS) is 19.4. The van der Waals surface area contributed by atoms with E-state index in [1.165, 1.54) is 0 Å². The van der Waals surface area contributed by atoms with Crippen LogP contribution in [0.4, 0.5) is 4.79 Å². The van der Waals surface area contributed by atoms with Gasteiger partial charge in [0.05, 0.1) is 5.92 Å². The van der Waals surface area contributed by atoms with Crippen LogP contribution in [0.2, 0.25) is 0 Å². The van der Waals surface area contributed by atoms with Crippen LogP contribution in [0.5, 0.6) is 0 Å². The number of hydroxylamine groups is 1. The molecule has 0 aliphatic heterocycles. The second kappa shape index (κ2) is 9.18. The van der Waals surface area contributed by atoms with E-state index in [0.717, 1.165) is 28.7 Å². The molecule has 2 aromatic rings. The summed E-state index contributed by atoms with van der Waals surface area (Å²) in [5, 5.41) is 11.4. The van der Waals surface area contributed by atoms with E-state index in [9.17, 15) is 14.4 Å². The van der Waals surface area contributed by atoms with E-state index < -0.39 is 30.5 Å². The maximum atomic E-state index is 12.5. The predicted octanol–water partition coefficient (Wildman–Crippen LogP) is 2.83. The van der Waals surface area contributed by atoms with Crippen molar-refractivity contribution < 1.29 is 29.1 Å². The maximum absolute atomic E-state index is 12.5. The predicted molar refractivity (Wildman–Crippen MR) is 111 cm³/mol. The fourth-order valence-electron chi connectivity index (χ4n) is 4.48. The van der Waals surface area contributed by atoms with E-state index in [1.807, 2.05) is 24.3 Å². The van der Waals surface area contributed by atoms with Gasteiger partial charge in [-0.25, -0.2) is 15.1 Å². The van der Waals surface area contributed by atoms with Gasteiger partial charge in [-0.1, -0.05) is 55.0 Å². The number of fused-ring (bicyclic) bond motifs is 3. The lowest BCUT2D eigenvalue weighted by Crippen LogP contribution is -2.44. The third kappa shape index (κ3) is 4.54. The highest BCUT2D eigenvalue weighted by molar-refractivity contribution is 5.81. The van der Waals surface area contributed by atoms with Crippen LogP contribution < -0.4 is 10.8 Å². The van der Waals surface area contributed by atoms with Crippen LogP contribution in [0, 0.1) is 5.92 Å². The lowest BCUT2D eigenvalue weighted by molar-refractivity contribution is -0.150. The second-order valence-electron chi connectivity index (χ2n) is 7.76. The second-order valence-corrected chi connectivity index (χ2v) is 7.76. The van der Waals surface area contributed by atoms with E-state index >= 15 is 0 Å². The number of ether oxygens (including phenoxy) is 1. The minimum Gasteiger partial charge on any atom is -0.479 e. The van der Waals surface area contributed by atoms with Crippen LogP contribution >= 0.6 is 0 Å². The van der Waals surface area contributed by atoms with E-state index in [2.05, 4.69) is 39.9 Å². The van der Waals surface area contributed by atoms with Gasteiger partial charge >= 0.3 is 12.1 Å². The lowest BCUT2D eigenvalue weighted by Gasteiger charge is -2.21. The molecule has 0 spiro atoms. The Kier molecular flexibility index (Phi) is 6.18. The van der Waals surface area contributed by atoms with E-state index in [4.69, 9.17) is 9.84 Å². The zero-order valence-corrected chi connectivity index (χ0v) is 16.9. The number of rotatable bonds is 7. The van der Waals surface area contributed by atoms with E-state index in [0.29, 0.717) is 12.8 Å². The number of benzene rings is 2. The number of hydrogen-bond acceptors (Lipinski definition) is 5. The SMILES string of the molecule is O=C(O)CONC(=O)[C@@H]1CCC[C@@H]1NC(=O)OCC1c2ccccc2-c2ccccc21.